The number of rotatable bonds is 1. The minimum atomic E-state index is -1.50. The van der Waals surface area contributed by atoms with Gasteiger partial charge in [-0.25, -0.2) is 0 Å². The molecule has 2 heterocycles. The second-order valence-electron chi connectivity index (χ2n) is 5.55. The summed E-state index contributed by atoms with van der Waals surface area (Å²) >= 11 is 0. The first-order chi connectivity index (χ1) is 8.08. The van der Waals surface area contributed by atoms with E-state index in [1.165, 1.54) is 13.8 Å². The first-order valence-electron chi connectivity index (χ1n) is 6.15. The molecule has 0 aromatic heterocycles. The van der Waals surface area contributed by atoms with E-state index in [1.54, 1.807) is 0 Å². The average Bonchev–Trinajstić information content (AvgIpc) is 2.69. The molecule has 2 fully saturated rings. The van der Waals surface area contributed by atoms with Crippen LogP contribution in [0.3, 0.4) is 0 Å². The molecular formula is C12H24O6. The Hall–Kier alpha value is -0.240. The van der Waals surface area contributed by atoms with Gasteiger partial charge in [-0.05, 0) is 34.1 Å². The van der Waals surface area contributed by atoms with Crippen LogP contribution in [0.25, 0.3) is 0 Å². The number of hydrogen-bond acceptors (Lipinski definition) is 6. The van der Waals surface area contributed by atoms with Gasteiger partial charge in [0.2, 0.25) is 0 Å². The van der Waals surface area contributed by atoms with E-state index in [4.69, 9.17) is 24.4 Å². The third kappa shape index (κ3) is 5.60. The number of ether oxygens (including phenoxy) is 3. The molecule has 0 aliphatic carbocycles. The number of aliphatic hydroxyl groups excluding tert-OH is 1. The predicted octanol–water partition coefficient (Wildman–Crippen LogP) is -0.00520. The van der Waals surface area contributed by atoms with Crippen LogP contribution in [-0.4, -0.2) is 58.4 Å². The standard InChI is InChI=1S/C9H16O4.C3H8O2/c1-9(2)12-5-7(13-9)8-6(10)3-4-11-8;1-3(2,4)5/h6-8,10H,3-5H2,1-2H3;4-5H,1-2H3/t6-,7?,8?;/m1./s1. The Balaban J connectivity index is 0.000000280. The Morgan fingerprint density at radius 1 is 1.22 bits per heavy atom. The van der Waals surface area contributed by atoms with Crippen molar-refractivity contribution in [2.24, 2.45) is 0 Å². The highest BCUT2D eigenvalue weighted by Gasteiger charge is 2.42. The molecule has 0 radical (unpaired) electrons. The Labute approximate surface area is 107 Å². The van der Waals surface area contributed by atoms with Gasteiger partial charge in [-0.3, -0.25) is 0 Å². The second kappa shape index (κ2) is 5.81. The van der Waals surface area contributed by atoms with Crippen LogP contribution in [0.1, 0.15) is 34.1 Å². The third-order valence-corrected chi connectivity index (χ3v) is 2.50. The molecule has 2 aliphatic heterocycles. The molecule has 2 unspecified atom stereocenters. The van der Waals surface area contributed by atoms with Gasteiger partial charge in [-0.2, -0.15) is 0 Å². The lowest BCUT2D eigenvalue weighted by Gasteiger charge is -2.22. The van der Waals surface area contributed by atoms with E-state index in [2.05, 4.69) is 0 Å². The van der Waals surface area contributed by atoms with Crippen molar-refractivity contribution in [2.45, 2.75) is 64.0 Å². The van der Waals surface area contributed by atoms with Crippen LogP contribution in [0.2, 0.25) is 0 Å². The largest absolute Gasteiger partial charge is 0.390 e. The molecule has 2 rings (SSSR count). The van der Waals surface area contributed by atoms with Crippen molar-refractivity contribution in [3.8, 4) is 0 Å². The molecule has 0 amide bonds. The molecule has 2 aliphatic rings. The summed E-state index contributed by atoms with van der Waals surface area (Å²) in [6.45, 7) is 7.46. The summed E-state index contributed by atoms with van der Waals surface area (Å²) in [5.74, 6) is -2.03. The number of aliphatic hydroxyl groups is 3. The minimum absolute atomic E-state index is 0.118. The highest BCUT2D eigenvalue weighted by Crippen LogP contribution is 2.29. The zero-order chi connectivity index (χ0) is 14.0. The van der Waals surface area contributed by atoms with E-state index in [-0.39, 0.29) is 12.2 Å². The topological polar surface area (TPSA) is 88.4 Å². The van der Waals surface area contributed by atoms with Crippen LogP contribution < -0.4 is 0 Å². The molecule has 2 saturated heterocycles. The van der Waals surface area contributed by atoms with Crippen LogP contribution in [0.5, 0.6) is 0 Å². The Bertz CT molecular complexity index is 254. The third-order valence-electron chi connectivity index (χ3n) is 2.50. The molecule has 0 spiro atoms. The van der Waals surface area contributed by atoms with E-state index in [0.29, 0.717) is 19.6 Å². The molecule has 18 heavy (non-hydrogen) atoms. The van der Waals surface area contributed by atoms with Crippen LogP contribution in [0.4, 0.5) is 0 Å². The second-order valence-corrected chi connectivity index (χ2v) is 5.55. The van der Waals surface area contributed by atoms with Crippen molar-refractivity contribution >= 4 is 0 Å². The fraction of sp³-hybridized carbons (Fsp3) is 1.00. The van der Waals surface area contributed by atoms with Gasteiger partial charge in [0.1, 0.15) is 12.2 Å². The van der Waals surface area contributed by atoms with Crippen molar-refractivity contribution in [1.82, 2.24) is 0 Å². The summed E-state index contributed by atoms with van der Waals surface area (Å²) in [6.07, 6.45) is -0.0258. The molecule has 0 saturated carbocycles. The lowest BCUT2D eigenvalue weighted by atomic mass is 10.1. The maximum Gasteiger partial charge on any atom is 0.163 e. The summed E-state index contributed by atoms with van der Waals surface area (Å²) < 4.78 is 16.4. The summed E-state index contributed by atoms with van der Waals surface area (Å²) in [5, 5.41) is 25.7. The molecule has 0 aromatic carbocycles. The van der Waals surface area contributed by atoms with Gasteiger partial charge in [0.15, 0.2) is 11.6 Å². The zero-order valence-electron chi connectivity index (χ0n) is 11.4. The fourth-order valence-corrected chi connectivity index (χ4v) is 1.83. The van der Waals surface area contributed by atoms with Crippen molar-refractivity contribution < 1.29 is 29.5 Å². The summed E-state index contributed by atoms with van der Waals surface area (Å²) in [6, 6.07) is 0. The maximum atomic E-state index is 9.56. The smallest absolute Gasteiger partial charge is 0.163 e. The fourth-order valence-electron chi connectivity index (χ4n) is 1.83. The average molecular weight is 264 g/mol. The SMILES string of the molecule is CC(C)(O)O.CC1(C)OCC(C2OCC[C@H]2O)O1. The lowest BCUT2D eigenvalue weighted by molar-refractivity contribution is -0.157. The number of hydrogen-bond donors (Lipinski definition) is 3. The van der Waals surface area contributed by atoms with E-state index >= 15 is 0 Å². The van der Waals surface area contributed by atoms with Gasteiger partial charge in [-0.15, -0.1) is 0 Å². The van der Waals surface area contributed by atoms with E-state index in [9.17, 15) is 5.11 Å². The molecule has 0 aromatic rings. The van der Waals surface area contributed by atoms with Gasteiger partial charge in [-0.1, -0.05) is 0 Å². The van der Waals surface area contributed by atoms with Crippen LogP contribution in [-0.2, 0) is 14.2 Å². The van der Waals surface area contributed by atoms with Crippen molar-refractivity contribution in [1.29, 1.82) is 0 Å². The molecule has 0 bridgehead atoms. The Morgan fingerprint density at radius 2 is 1.78 bits per heavy atom. The summed E-state index contributed by atoms with van der Waals surface area (Å²) in [4.78, 5) is 0. The van der Waals surface area contributed by atoms with Crippen LogP contribution in [0.15, 0.2) is 0 Å². The first kappa shape index (κ1) is 15.8. The van der Waals surface area contributed by atoms with Crippen molar-refractivity contribution in [3.05, 3.63) is 0 Å². The van der Waals surface area contributed by atoms with Gasteiger partial charge in [0, 0.05) is 6.61 Å². The Kier molecular flexibility index (Phi) is 5.11. The van der Waals surface area contributed by atoms with Crippen molar-refractivity contribution in [2.75, 3.05) is 13.2 Å². The van der Waals surface area contributed by atoms with Gasteiger partial charge >= 0.3 is 0 Å². The highest BCUT2D eigenvalue weighted by molar-refractivity contribution is 4.86. The van der Waals surface area contributed by atoms with Gasteiger partial charge in [0.25, 0.3) is 0 Å². The lowest BCUT2D eigenvalue weighted by Crippen LogP contribution is -2.37. The van der Waals surface area contributed by atoms with E-state index in [1.807, 2.05) is 13.8 Å². The summed E-state index contributed by atoms with van der Waals surface area (Å²) in [7, 11) is 0. The van der Waals surface area contributed by atoms with Gasteiger partial charge in [0.05, 0.1) is 12.7 Å². The van der Waals surface area contributed by atoms with Gasteiger partial charge < -0.3 is 29.5 Å². The first-order valence-corrected chi connectivity index (χ1v) is 6.15. The van der Waals surface area contributed by atoms with Crippen LogP contribution in [0, 0.1) is 0 Å². The zero-order valence-corrected chi connectivity index (χ0v) is 11.4. The monoisotopic (exact) mass is 264 g/mol. The van der Waals surface area contributed by atoms with Crippen LogP contribution >= 0.6 is 0 Å². The maximum absolute atomic E-state index is 9.56. The molecule has 108 valence electrons. The molecule has 3 N–H and O–H groups in total. The molecular weight excluding hydrogens is 240 g/mol. The normalized spacial score (nSPS) is 35.2. The highest BCUT2D eigenvalue weighted by atomic mass is 16.7. The molecule has 3 atom stereocenters. The molecule has 6 heteroatoms. The van der Waals surface area contributed by atoms with Crippen molar-refractivity contribution in [3.63, 3.8) is 0 Å². The Morgan fingerprint density at radius 3 is 2.11 bits per heavy atom. The van der Waals surface area contributed by atoms with E-state index in [0.717, 1.165) is 0 Å². The van der Waals surface area contributed by atoms with E-state index < -0.39 is 17.7 Å². The molecule has 6 nitrogen and oxygen atoms in total. The predicted molar refractivity (Wildman–Crippen MR) is 63.8 cm³/mol. The summed E-state index contributed by atoms with van der Waals surface area (Å²) in [5.41, 5.74) is 0. The minimum Gasteiger partial charge on any atom is -0.390 e. The quantitative estimate of drug-likeness (QED) is 0.578.